The van der Waals surface area contributed by atoms with E-state index < -0.39 is 35.4 Å². The van der Waals surface area contributed by atoms with E-state index in [2.05, 4.69) is 177 Å². The van der Waals surface area contributed by atoms with Gasteiger partial charge in [-0.2, -0.15) is 0 Å². The molecule has 0 amide bonds. The summed E-state index contributed by atoms with van der Waals surface area (Å²) >= 11 is -3.12. The molecule has 0 radical (unpaired) electrons. The number of hydrogen-bond donors (Lipinski definition) is 0. The molecule has 0 atom stereocenters. The van der Waals surface area contributed by atoms with Gasteiger partial charge >= 0.3 is 283 Å². The van der Waals surface area contributed by atoms with E-state index in [-0.39, 0.29) is 0 Å². The molecule has 45 heavy (non-hydrogen) atoms. The Bertz CT molecular complexity index is 1200. The monoisotopic (exact) mass is 863 g/mol. The van der Waals surface area contributed by atoms with E-state index in [0.717, 1.165) is 0 Å². The topological polar surface area (TPSA) is 0 Å². The van der Waals surface area contributed by atoms with Crippen molar-refractivity contribution in [3.05, 3.63) is 121 Å². The van der Waals surface area contributed by atoms with Gasteiger partial charge in [-0.1, -0.05) is 0 Å². The van der Waals surface area contributed by atoms with Crippen molar-refractivity contribution in [3.63, 3.8) is 0 Å². The third-order valence-electron chi connectivity index (χ3n) is 11.2. The van der Waals surface area contributed by atoms with Crippen molar-refractivity contribution >= 4 is 42.6 Å². The fourth-order valence-corrected chi connectivity index (χ4v) is 286. The van der Waals surface area contributed by atoms with E-state index in [1.54, 1.807) is 0 Å². The van der Waals surface area contributed by atoms with Gasteiger partial charge in [0.2, 0.25) is 0 Å². The van der Waals surface area contributed by atoms with Crippen LogP contribution in [0.3, 0.4) is 0 Å². The molecular weight excluding hydrogens is 799 g/mol. The van der Waals surface area contributed by atoms with Crippen LogP contribution in [0.2, 0.25) is 0 Å². The van der Waals surface area contributed by atoms with Gasteiger partial charge in [-0.15, -0.1) is 0 Å². The van der Waals surface area contributed by atoms with Crippen LogP contribution in [0.5, 0.6) is 0 Å². The Morgan fingerprint density at radius 3 is 0.578 bits per heavy atom. The summed E-state index contributed by atoms with van der Waals surface area (Å²) in [4.78, 5) is 0. The average Bonchev–Trinajstić information content (AvgIpc) is 3.13. The molecule has 0 nitrogen and oxygen atoms in total. The summed E-state index contributed by atoms with van der Waals surface area (Å²) in [5.41, 5.74) is 0. The quantitative estimate of drug-likeness (QED) is 0.0985. The van der Waals surface area contributed by atoms with Crippen LogP contribution in [0.15, 0.2) is 121 Å². The molecule has 0 unspecified atom stereocenters. The second-order valence-electron chi connectivity index (χ2n) is 12.4. The molecule has 0 aliphatic heterocycles. The Kier molecular flexibility index (Phi) is 13.3. The summed E-state index contributed by atoms with van der Waals surface area (Å²) in [6.07, 6.45) is 11.2. The molecule has 0 saturated carbocycles. The van der Waals surface area contributed by atoms with Gasteiger partial charge in [0, 0.05) is 0 Å². The second-order valence-corrected chi connectivity index (χ2v) is 88.2. The van der Waals surface area contributed by atoms with Crippen molar-refractivity contribution < 1.29 is 14.0 Å². The molecule has 0 fully saturated rings. The second kappa shape index (κ2) is 16.1. The first-order valence-electron chi connectivity index (χ1n) is 17.8. The van der Waals surface area contributed by atoms with Crippen LogP contribution < -0.4 is 21.2 Å². The summed E-state index contributed by atoms with van der Waals surface area (Å²) in [6.45, 7) is 21.5. The van der Waals surface area contributed by atoms with Gasteiger partial charge in [0.1, 0.15) is 0 Å². The standard InChI is InChI=1S/4C10H15P.Pt/c4*1-3-11(4-2)10-8-6-5-7-9-10;/h4*5-9H,3-4H2,1-2H3;/q;;;;-4/p+4. The molecule has 254 valence electrons. The maximum atomic E-state index is 2.68. The third-order valence-corrected chi connectivity index (χ3v) is 184. The van der Waals surface area contributed by atoms with Crippen LogP contribution in [-0.2, 0) is 14.0 Å². The zero-order chi connectivity index (χ0) is 32.6. The number of benzene rings is 4. The molecule has 0 heterocycles. The normalized spacial score (nSPS) is 16.4. The van der Waals surface area contributed by atoms with Gasteiger partial charge in [0.05, 0.1) is 0 Å². The van der Waals surface area contributed by atoms with Crippen LogP contribution in [-0.4, -0.2) is 49.3 Å². The Morgan fingerprint density at radius 2 is 0.444 bits per heavy atom. The van der Waals surface area contributed by atoms with Crippen LogP contribution in [0.1, 0.15) is 55.4 Å². The van der Waals surface area contributed by atoms with Crippen molar-refractivity contribution in [2.24, 2.45) is 0 Å². The van der Waals surface area contributed by atoms with Gasteiger partial charge in [-0.25, -0.2) is 0 Å². The first-order valence-corrected chi connectivity index (χ1v) is 40.3. The van der Waals surface area contributed by atoms with Crippen molar-refractivity contribution in [2.75, 3.05) is 49.3 Å². The first kappa shape index (κ1) is 37.1. The van der Waals surface area contributed by atoms with Crippen molar-refractivity contribution in [3.8, 4) is 0 Å². The van der Waals surface area contributed by atoms with Crippen molar-refractivity contribution in [1.82, 2.24) is 0 Å². The minimum atomic E-state index is -3.12. The SMILES string of the molecule is CC[PH](CC)(c1ccccc1)[Pt]([PH](CC)(CC)c1ccccc1)([PH](CC)(CC)c1ccccc1)[PH](CC)(CC)c1ccccc1. The third kappa shape index (κ3) is 5.55. The predicted octanol–water partition coefficient (Wildman–Crippen LogP) is 10.3. The summed E-state index contributed by atoms with van der Waals surface area (Å²) in [6, 6.07) is 49.6. The molecule has 0 aliphatic carbocycles. The molecule has 0 aromatic heterocycles. The number of rotatable bonds is 16. The molecule has 0 saturated heterocycles. The van der Waals surface area contributed by atoms with Gasteiger partial charge in [-0.3, -0.25) is 0 Å². The van der Waals surface area contributed by atoms with Crippen LogP contribution >= 0.6 is 21.4 Å². The van der Waals surface area contributed by atoms with Crippen LogP contribution in [0.4, 0.5) is 0 Å². The Labute approximate surface area is 281 Å². The maximum absolute atomic E-state index is 3.12. The molecule has 4 aromatic rings. The summed E-state index contributed by atoms with van der Waals surface area (Å²) in [5, 5.41) is -1.16. The predicted molar refractivity (Wildman–Crippen MR) is 222 cm³/mol. The van der Waals surface area contributed by atoms with E-state index in [4.69, 9.17) is 0 Å². The minimum absolute atomic E-state index is 1.40. The Morgan fingerprint density at radius 1 is 0.289 bits per heavy atom. The number of hydrogen-bond acceptors (Lipinski definition) is 0. The zero-order valence-electron chi connectivity index (χ0n) is 29.5. The van der Waals surface area contributed by atoms with Gasteiger partial charge in [0.25, 0.3) is 0 Å². The zero-order valence-corrected chi connectivity index (χ0v) is 35.8. The fourth-order valence-electron chi connectivity index (χ4n) is 9.17. The van der Waals surface area contributed by atoms with Crippen LogP contribution in [0.25, 0.3) is 0 Å². The molecule has 0 spiro atoms. The van der Waals surface area contributed by atoms with Gasteiger partial charge < -0.3 is 0 Å². The summed E-state index contributed by atoms with van der Waals surface area (Å²) in [5.74, 6) is 0. The molecular formula is C40H64P4Pt. The van der Waals surface area contributed by atoms with Crippen molar-refractivity contribution in [2.45, 2.75) is 55.4 Å². The molecule has 4 rings (SSSR count). The Hall–Kier alpha value is -0.712. The summed E-state index contributed by atoms with van der Waals surface area (Å²) in [7, 11) is 0. The molecule has 5 heteroatoms. The Balaban J connectivity index is 2.52. The molecule has 0 bridgehead atoms. The average molecular weight is 864 g/mol. The van der Waals surface area contributed by atoms with Crippen molar-refractivity contribution in [1.29, 1.82) is 0 Å². The fraction of sp³-hybridized carbons (Fsp3) is 0.400. The van der Waals surface area contributed by atoms with E-state index >= 15 is 0 Å². The van der Waals surface area contributed by atoms with E-state index in [0.29, 0.717) is 0 Å². The first-order chi connectivity index (χ1) is 21.9. The van der Waals surface area contributed by atoms with Crippen LogP contribution in [0, 0.1) is 0 Å². The molecule has 0 N–H and O–H groups in total. The molecule has 4 aromatic carbocycles. The van der Waals surface area contributed by atoms with E-state index in [1.807, 2.05) is 21.2 Å². The molecule has 0 aliphatic rings. The van der Waals surface area contributed by atoms with Gasteiger partial charge in [0.15, 0.2) is 0 Å². The summed E-state index contributed by atoms with van der Waals surface area (Å²) < 4.78 is 0. The van der Waals surface area contributed by atoms with E-state index in [9.17, 15) is 0 Å². The van der Waals surface area contributed by atoms with Gasteiger partial charge in [-0.05, 0) is 0 Å². The van der Waals surface area contributed by atoms with E-state index in [1.165, 1.54) is 49.3 Å².